The van der Waals surface area contributed by atoms with Crippen molar-refractivity contribution in [1.82, 2.24) is 0 Å². The number of aliphatic hydroxyl groups excluding tert-OH is 1. The van der Waals surface area contributed by atoms with Gasteiger partial charge in [0.2, 0.25) is 0 Å². The van der Waals surface area contributed by atoms with Gasteiger partial charge in [0.25, 0.3) is 0 Å². The Kier molecular flexibility index (Phi) is 4.61. The van der Waals surface area contributed by atoms with Crippen LogP contribution in [0.15, 0.2) is 46.9 Å². The summed E-state index contributed by atoms with van der Waals surface area (Å²) in [5, 5.41) is 10.3. The molecule has 1 unspecified atom stereocenters. The number of rotatable bonds is 4. The Labute approximate surface area is 122 Å². The van der Waals surface area contributed by atoms with Gasteiger partial charge in [-0.15, -0.1) is 0 Å². The standard InChI is InChI=1S/C16H17BrO2/c1-11-6-7-14(15(17)8-11)16(18)10-12-4-3-5-13(9-12)19-2/h3-9,16,18H,10H2,1-2H3. The predicted molar refractivity (Wildman–Crippen MR) is 80.5 cm³/mol. The van der Waals surface area contributed by atoms with Crippen LogP contribution in [-0.4, -0.2) is 12.2 Å². The van der Waals surface area contributed by atoms with E-state index in [2.05, 4.69) is 15.9 Å². The number of hydrogen-bond donors (Lipinski definition) is 1. The smallest absolute Gasteiger partial charge is 0.119 e. The Bertz CT molecular complexity index is 566. The fourth-order valence-corrected chi connectivity index (χ4v) is 2.79. The van der Waals surface area contributed by atoms with Crippen molar-refractivity contribution in [2.75, 3.05) is 7.11 Å². The summed E-state index contributed by atoms with van der Waals surface area (Å²) >= 11 is 3.50. The lowest BCUT2D eigenvalue weighted by Crippen LogP contribution is -2.03. The highest BCUT2D eigenvalue weighted by molar-refractivity contribution is 9.10. The number of aryl methyl sites for hydroxylation is 1. The Balaban J connectivity index is 2.17. The van der Waals surface area contributed by atoms with Crippen LogP contribution in [0.2, 0.25) is 0 Å². The molecule has 2 aromatic carbocycles. The van der Waals surface area contributed by atoms with E-state index in [1.807, 2.05) is 49.4 Å². The fraction of sp³-hybridized carbons (Fsp3) is 0.250. The third-order valence-electron chi connectivity index (χ3n) is 3.08. The average Bonchev–Trinajstić information content (AvgIpc) is 2.38. The van der Waals surface area contributed by atoms with Crippen LogP contribution in [0, 0.1) is 6.92 Å². The molecule has 0 heterocycles. The SMILES string of the molecule is COc1cccc(CC(O)c2ccc(C)cc2Br)c1. The first-order valence-corrected chi connectivity index (χ1v) is 6.96. The fourth-order valence-electron chi connectivity index (χ4n) is 2.04. The van der Waals surface area contributed by atoms with Crippen LogP contribution >= 0.6 is 15.9 Å². The molecule has 0 spiro atoms. The number of hydrogen-bond acceptors (Lipinski definition) is 2. The molecule has 0 aliphatic heterocycles. The molecule has 0 radical (unpaired) electrons. The number of benzene rings is 2. The van der Waals surface area contributed by atoms with Gasteiger partial charge in [-0.05, 0) is 41.8 Å². The quantitative estimate of drug-likeness (QED) is 0.921. The molecule has 0 saturated carbocycles. The van der Waals surface area contributed by atoms with Crippen LogP contribution in [0.3, 0.4) is 0 Å². The second-order valence-electron chi connectivity index (χ2n) is 4.60. The maximum absolute atomic E-state index is 10.3. The van der Waals surface area contributed by atoms with Gasteiger partial charge < -0.3 is 9.84 Å². The van der Waals surface area contributed by atoms with E-state index in [-0.39, 0.29) is 0 Å². The third kappa shape index (κ3) is 3.58. The van der Waals surface area contributed by atoms with Crippen LogP contribution in [0.1, 0.15) is 22.8 Å². The zero-order chi connectivity index (χ0) is 13.8. The summed E-state index contributed by atoms with van der Waals surface area (Å²) in [7, 11) is 1.64. The Hall–Kier alpha value is -1.32. The van der Waals surface area contributed by atoms with Crippen molar-refractivity contribution in [3.8, 4) is 5.75 Å². The summed E-state index contributed by atoms with van der Waals surface area (Å²) in [6.07, 6.45) is 0.0425. The molecule has 0 amide bonds. The molecule has 2 aromatic rings. The Morgan fingerprint density at radius 2 is 2.00 bits per heavy atom. The van der Waals surface area contributed by atoms with E-state index in [0.29, 0.717) is 6.42 Å². The van der Waals surface area contributed by atoms with E-state index in [1.54, 1.807) is 7.11 Å². The second kappa shape index (κ2) is 6.22. The first-order valence-electron chi connectivity index (χ1n) is 6.17. The van der Waals surface area contributed by atoms with Crippen molar-refractivity contribution in [1.29, 1.82) is 0 Å². The van der Waals surface area contributed by atoms with Crippen LogP contribution in [0.4, 0.5) is 0 Å². The van der Waals surface area contributed by atoms with Gasteiger partial charge in [-0.1, -0.05) is 40.2 Å². The summed E-state index contributed by atoms with van der Waals surface area (Å²) < 4.78 is 6.14. The minimum atomic E-state index is -0.526. The molecule has 0 bridgehead atoms. The number of ether oxygens (including phenoxy) is 1. The van der Waals surface area contributed by atoms with Gasteiger partial charge in [0, 0.05) is 10.9 Å². The highest BCUT2D eigenvalue weighted by atomic mass is 79.9. The van der Waals surface area contributed by atoms with Crippen molar-refractivity contribution in [2.45, 2.75) is 19.4 Å². The van der Waals surface area contributed by atoms with Crippen molar-refractivity contribution in [2.24, 2.45) is 0 Å². The molecule has 0 aromatic heterocycles. The normalized spacial score (nSPS) is 12.2. The molecule has 0 aliphatic carbocycles. The summed E-state index contributed by atoms with van der Waals surface area (Å²) in [6.45, 7) is 2.03. The van der Waals surface area contributed by atoms with Crippen molar-refractivity contribution in [3.05, 3.63) is 63.6 Å². The van der Waals surface area contributed by atoms with E-state index in [9.17, 15) is 5.11 Å². The molecule has 100 valence electrons. The van der Waals surface area contributed by atoms with Gasteiger partial charge in [-0.3, -0.25) is 0 Å². The zero-order valence-electron chi connectivity index (χ0n) is 11.1. The van der Waals surface area contributed by atoms with Gasteiger partial charge in [0.15, 0.2) is 0 Å². The van der Waals surface area contributed by atoms with Gasteiger partial charge >= 0.3 is 0 Å². The molecule has 1 atom stereocenters. The highest BCUT2D eigenvalue weighted by Crippen LogP contribution is 2.27. The lowest BCUT2D eigenvalue weighted by molar-refractivity contribution is 0.177. The number of methoxy groups -OCH3 is 1. The molecule has 0 saturated heterocycles. The van der Waals surface area contributed by atoms with Crippen LogP contribution in [-0.2, 0) is 6.42 Å². The molecule has 1 N–H and O–H groups in total. The third-order valence-corrected chi connectivity index (χ3v) is 3.76. The second-order valence-corrected chi connectivity index (χ2v) is 5.45. The van der Waals surface area contributed by atoms with Crippen molar-refractivity contribution >= 4 is 15.9 Å². The summed E-state index contributed by atoms with van der Waals surface area (Å²) in [6, 6.07) is 13.8. The molecular formula is C16H17BrO2. The van der Waals surface area contributed by atoms with Gasteiger partial charge in [0.1, 0.15) is 5.75 Å². The number of halogens is 1. The molecule has 3 heteroatoms. The molecule has 19 heavy (non-hydrogen) atoms. The lowest BCUT2D eigenvalue weighted by atomic mass is 10.0. The maximum atomic E-state index is 10.3. The summed E-state index contributed by atoms with van der Waals surface area (Å²) in [5.74, 6) is 0.813. The van der Waals surface area contributed by atoms with Crippen LogP contribution < -0.4 is 4.74 Å². The monoisotopic (exact) mass is 320 g/mol. The Morgan fingerprint density at radius 3 is 2.68 bits per heavy atom. The van der Waals surface area contributed by atoms with Crippen molar-refractivity contribution in [3.63, 3.8) is 0 Å². The Morgan fingerprint density at radius 1 is 1.21 bits per heavy atom. The van der Waals surface area contributed by atoms with E-state index in [1.165, 1.54) is 5.56 Å². The summed E-state index contributed by atoms with van der Waals surface area (Å²) in [4.78, 5) is 0. The summed E-state index contributed by atoms with van der Waals surface area (Å²) in [5.41, 5.74) is 3.14. The maximum Gasteiger partial charge on any atom is 0.119 e. The van der Waals surface area contributed by atoms with Crippen LogP contribution in [0.5, 0.6) is 5.75 Å². The van der Waals surface area contributed by atoms with Crippen LogP contribution in [0.25, 0.3) is 0 Å². The first kappa shape index (κ1) is 14.1. The average molecular weight is 321 g/mol. The molecule has 2 rings (SSSR count). The van der Waals surface area contributed by atoms with E-state index < -0.39 is 6.10 Å². The lowest BCUT2D eigenvalue weighted by Gasteiger charge is -2.14. The molecular weight excluding hydrogens is 304 g/mol. The number of aliphatic hydroxyl groups is 1. The largest absolute Gasteiger partial charge is 0.497 e. The predicted octanol–water partition coefficient (Wildman–Crippen LogP) is 4.04. The topological polar surface area (TPSA) is 29.5 Å². The van der Waals surface area contributed by atoms with E-state index in [4.69, 9.17) is 4.74 Å². The van der Waals surface area contributed by atoms with Gasteiger partial charge in [0.05, 0.1) is 13.2 Å². The van der Waals surface area contributed by atoms with Gasteiger partial charge in [-0.2, -0.15) is 0 Å². The van der Waals surface area contributed by atoms with Gasteiger partial charge in [-0.25, -0.2) is 0 Å². The first-order chi connectivity index (χ1) is 9.10. The minimum absolute atomic E-state index is 0.526. The van der Waals surface area contributed by atoms with E-state index >= 15 is 0 Å². The highest BCUT2D eigenvalue weighted by Gasteiger charge is 2.12. The van der Waals surface area contributed by atoms with E-state index in [0.717, 1.165) is 21.3 Å². The molecule has 2 nitrogen and oxygen atoms in total. The minimum Gasteiger partial charge on any atom is -0.497 e. The molecule has 0 aliphatic rings. The van der Waals surface area contributed by atoms with Crippen molar-refractivity contribution < 1.29 is 9.84 Å². The molecule has 0 fully saturated rings. The zero-order valence-corrected chi connectivity index (χ0v) is 12.6.